The summed E-state index contributed by atoms with van der Waals surface area (Å²) in [5.74, 6) is -0.429. The van der Waals surface area contributed by atoms with Gasteiger partial charge in [-0.25, -0.2) is 4.79 Å². The Morgan fingerprint density at radius 1 is 1.00 bits per heavy atom. The molecule has 4 N–H and O–H groups in total. The van der Waals surface area contributed by atoms with Crippen LogP contribution in [0.3, 0.4) is 0 Å². The second-order valence-electron chi connectivity index (χ2n) is 8.33. The van der Waals surface area contributed by atoms with Crippen LogP contribution in [0.1, 0.15) is 48.3 Å². The number of rotatable bonds is 6. The Bertz CT molecular complexity index is 1170. The molecule has 0 saturated heterocycles. The molecule has 6 nitrogen and oxygen atoms in total. The van der Waals surface area contributed by atoms with Crippen LogP contribution in [0.2, 0.25) is 0 Å². The third kappa shape index (κ3) is 5.32. The van der Waals surface area contributed by atoms with Crippen molar-refractivity contribution in [3.63, 3.8) is 0 Å². The molecule has 0 amide bonds. The maximum absolute atomic E-state index is 12.9. The number of carbonyl (C=O) groups excluding carboxylic acids is 1. The molecule has 3 aromatic rings. The van der Waals surface area contributed by atoms with Gasteiger partial charge in [0.25, 0.3) is 0 Å². The van der Waals surface area contributed by atoms with E-state index in [1.54, 1.807) is 36.4 Å². The number of nitrogens with one attached hydrogen (secondary N) is 2. The van der Waals surface area contributed by atoms with Crippen LogP contribution in [-0.2, 0) is 4.74 Å². The molecule has 0 aliphatic rings. The van der Waals surface area contributed by atoms with Gasteiger partial charge in [-0.3, -0.25) is 5.41 Å². The Morgan fingerprint density at radius 2 is 1.59 bits per heavy atom. The summed E-state index contributed by atoms with van der Waals surface area (Å²) in [6.45, 7) is 5.48. The van der Waals surface area contributed by atoms with Crippen molar-refractivity contribution in [2.45, 2.75) is 32.4 Å². The van der Waals surface area contributed by atoms with Crippen molar-refractivity contribution in [2.24, 2.45) is 5.73 Å². The van der Waals surface area contributed by atoms with Crippen molar-refractivity contribution in [1.29, 1.82) is 10.7 Å². The molecule has 0 heterocycles. The summed E-state index contributed by atoms with van der Waals surface area (Å²) in [6, 6.07) is 23.4. The van der Waals surface area contributed by atoms with Gasteiger partial charge in [0.1, 0.15) is 17.5 Å². The molecule has 6 heteroatoms. The van der Waals surface area contributed by atoms with Crippen LogP contribution in [0.5, 0.6) is 0 Å². The van der Waals surface area contributed by atoms with E-state index in [9.17, 15) is 10.1 Å². The molecule has 3 rings (SSSR count). The minimum absolute atomic E-state index is 0.0162. The fourth-order valence-corrected chi connectivity index (χ4v) is 3.32. The maximum atomic E-state index is 12.9. The first-order valence-corrected chi connectivity index (χ1v) is 10.2. The molecule has 0 aromatic heterocycles. The minimum atomic E-state index is -0.666. The molecule has 0 fully saturated rings. The van der Waals surface area contributed by atoms with E-state index >= 15 is 0 Å². The quantitative estimate of drug-likeness (QED) is 0.282. The van der Waals surface area contributed by atoms with Crippen molar-refractivity contribution in [3.05, 3.63) is 89.5 Å². The monoisotopic (exact) mass is 426 g/mol. The summed E-state index contributed by atoms with van der Waals surface area (Å²) in [7, 11) is 0. The summed E-state index contributed by atoms with van der Waals surface area (Å²) in [5, 5.41) is 20.7. The van der Waals surface area contributed by atoms with Crippen LogP contribution >= 0.6 is 0 Å². The largest absolute Gasteiger partial charge is 0.456 e. The van der Waals surface area contributed by atoms with E-state index in [4.69, 9.17) is 15.9 Å². The highest BCUT2D eigenvalue weighted by molar-refractivity contribution is 5.98. The van der Waals surface area contributed by atoms with Crippen molar-refractivity contribution in [1.82, 2.24) is 0 Å². The van der Waals surface area contributed by atoms with Gasteiger partial charge in [-0.05, 0) is 67.8 Å². The summed E-state index contributed by atoms with van der Waals surface area (Å²) < 4.78 is 5.59. The number of anilines is 1. The molecule has 0 aliphatic heterocycles. The fourth-order valence-electron chi connectivity index (χ4n) is 3.32. The lowest BCUT2D eigenvalue weighted by molar-refractivity contribution is 0.00704. The van der Waals surface area contributed by atoms with Crippen molar-refractivity contribution >= 4 is 17.5 Å². The van der Waals surface area contributed by atoms with E-state index in [-0.39, 0.29) is 5.84 Å². The zero-order valence-electron chi connectivity index (χ0n) is 18.3. The van der Waals surface area contributed by atoms with Crippen LogP contribution in [0, 0.1) is 16.7 Å². The van der Waals surface area contributed by atoms with Gasteiger partial charge in [-0.15, -0.1) is 0 Å². The predicted octanol–water partition coefficient (Wildman–Crippen LogP) is 5.27. The SMILES string of the molecule is CC(C)(C)OC(=O)c1ccccc1-c1ccccc1C(C#N)Nc1ccc(C(=N)N)cc1. The van der Waals surface area contributed by atoms with Gasteiger partial charge in [0.2, 0.25) is 0 Å². The van der Waals surface area contributed by atoms with Crippen LogP contribution < -0.4 is 11.1 Å². The number of nitrogens with two attached hydrogens (primary N) is 1. The van der Waals surface area contributed by atoms with Gasteiger partial charge in [-0.1, -0.05) is 42.5 Å². The second-order valence-corrected chi connectivity index (χ2v) is 8.33. The average Bonchev–Trinajstić information content (AvgIpc) is 2.76. The second kappa shape index (κ2) is 9.36. The van der Waals surface area contributed by atoms with E-state index in [0.29, 0.717) is 16.7 Å². The first-order chi connectivity index (χ1) is 15.2. The normalized spacial score (nSPS) is 11.8. The third-order valence-electron chi connectivity index (χ3n) is 4.74. The number of hydrogen-bond donors (Lipinski definition) is 3. The number of carbonyl (C=O) groups is 1. The first kappa shape index (κ1) is 22.6. The number of nitriles is 1. The van der Waals surface area contributed by atoms with Crippen molar-refractivity contribution in [2.75, 3.05) is 5.32 Å². The van der Waals surface area contributed by atoms with Gasteiger partial charge < -0.3 is 15.8 Å². The predicted molar refractivity (Wildman–Crippen MR) is 126 cm³/mol. The first-order valence-electron chi connectivity index (χ1n) is 10.2. The number of esters is 1. The molecule has 1 atom stereocenters. The zero-order chi connectivity index (χ0) is 23.3. The van der Waals surface area contributed by atoms with E-state index in [0.717, 1.165) is 16.8 Å². The Kier molecular flexibility index (Phi) is 6.60. The molecule has 162 valence electrons. The highest BCUT2D eigenvalue weighted by atomic mass is 16.6. The number of benzene rings is 3. The Labute approximate surface area is 188 Å². The molecule has 0 aliphatic carbocycles. The highest BCUT2D eigenvalue weighted by Crippen LogP contribution is 2.33. The van der Waals surface area contributed by atoms with E-state index < -0.39 is 17.6 Å². The standard InChI is InChI=1S/C26H26N4O2/c1-26(2,3)32-25(31)22-11-7-5-9-20(22)19-8-4-6-10-21(19)23(16-27)30-18-14-12-17(13-15-18)24(28)29/h4-15,23,30H,1-3H3,(H3,28,29). The van der Waals surface area contributed by atoms with Gasteiger partial charge in [0.05, 0.1) is 11.6 Å². The minimum Gasteiger partial charge on any atom is -0.456 e. The number of nitrogens with zero attached hydrogens (tertiary/aromatic N) is 1. The molecule has 0 saturated carbocycles. The summed E-state index contributed by atoms with van der Waals surface area (Å²) in [5.41, 5.74) is 8.88. The molecule has 32 heavy (non-hydrogen) atoms. The molecular weight excluding hydrogens is 400 g/mol. The molecule has 0 spiro atoms. The van der Waals surface area contributed by atoms with Gasteiger partial charge in [-0.2, -0.15) is 5.26 Å². The van der Waals surface area contributed by atoms with Gasteiger partial charge >= 0.3 is 5.97 Å². The number of ether oxygens (including phenoxy) is 1. The van der Waals surface area contributed by atoms with Crippen LogP contribution in [0.25, 0.3) is 11.1 Å². The van der Waals surface area contributed by atoms with Gasteiger partial charge in [0, 0.05) is 11.3 Å². The Hall–Kier alpha value is -4.11. The smallest absolute Gasteiger partial charge is 0.339 e. The lowest BCUT2D eigenvalue weighted by Gasteiger charge is -2.22. The average molecular weight is 427 g/mol. The fraction of sp³-hybridized carbons (Fsp3) is 0.192. The molecule has 3 aromatic carbocycles. The lowest BCUT2D eigenvalue weighted by atomic mass is 9.92. The topological polar surface area (TPSA) is 112 Å². The lowest BCUT2D eigenvalue weighted by Crippen LogP contribution is -2.24. The highest BCUT2D eigenvalue weighted by Gasteiger charge is 2.23. The summed E-state index contributed by atoms with van der Waals surface area (Å²) >= 11 is 0. The molecular formula is C26H26N4O2. The summed E-state index contributed by atoms with van der Waals surface area (Å²) in [4.78, 5) is 12.9. The number of hydrogen-bond acceptors (Lipinski definition) is 5. The maximum Gasteiger partial charge on any atom is 0.339 e. The molecule has 1 unspecified atom stereocenters. The van der Waals surface area contributed by atoms with Crippen LogP contribution in [0.15, 0.2) is 72.8 Å². The van der Waals surface area contributed by atoms with Crippen molar-refractivity contribution < 1.29 is 9.53 Å². The molecule has 0 radical (unpaired) electrons. The van der Waals surface area contributed by atoms with E-state index in [1.807, 2.05) is 57.2 Å². The van der Waals surface area contributed by atoms with Crippen molar-refractivity contribution in [3.8, 4) is 17.2 Å². The van der Waals surface area contributed by atoms with Gasteiger partial charge in [0.15, 0.2) is 0 Å². The third-order valence-corrected chi connectivity index (χ3v) is 4.74. The van der Waals surface area contributed by atoms with E-state index in [1.165, 1.54) is 0 Å². The zero-order valence-corrected chi connectivity index (χ0v) is 18.3. The number of amidine groups is 1. The molecule has 0 bridgehead atoms. The Balaban J connectivity index is 1.99. The van der Waals surface area contributed by atoms with E-state index in [2.05, 4.69) is 11.4 Å². The number of nitrogen functional groups attached to an aromatic ring is 1. The van der Waals surface area contributed by atoms with Crippen LogP contribution in [0.4, 0.5) is 5.69 Å². The van der Waals surface area contributed by atoms with Crippen LogP contribution in [-0.4, -0.2) is 17.4 Å². The summed E-state index contributed by atoms with van der Waals surface area (Å²) in [6.07, 6.45) is 0. The Morgan fingerprint density at radius 3 is 2.19 bits per heavy atom.